The van der Waals surface area contributed by atoms with Gasteiger partial charge in [0.25, 0.3) is 0 Å². The Bertz CT molecular complexity index is 1070. The lowest BCUT2D eigenvalue weighted by atomic mass is 9.81. The van der Waals surface area contributed by atoms with Crippen molar-refractivity contribution < 1.29 is 14.4 Å². The van der Waals surface area contributed by atoms with Gasteiger partial charge in [-0.25, -0.2) is 0 Å². The summed E-state index contributed by atoms with van der Waals surface area (Å²) >= 11 is 0. The van der Waals surface area contributed by atoms with Gasteiger partial charge in [0.15, 0.2) is 5.82 Å². The second-order valence-corrected chi connectivity index (χ2v) is 9.56. The number of aromatic nitrogens is 3. The number of benzene rings is 1. The molecule has 3 heterocycles. The quantitative estimate of drug-likeness (QED) is 0.705. The first kappa shape index (κ1) is 21.8. The van der Waals surface area contributed by atoms with Crippen molar-refractivity contribution in [2.45, 2.75) is 71.3 Å². The van der Waals surface area contributed by atoms with Gasteiger partial charge >= 0.3 is 0 Å². The Morgan fingerprint density at radius 3 is 2.55 bits per heavy atom. The van der Waals surface area contributed by atoms with Gasteiger partial charge in [-0.3, -0.25) is 19.3 Å². The third-order valence-corrected chi connectivity index (χ3v) is 7.37. The first-order chi connectivity index (χ1) is 16.0. The first-order valence-corrected chi connectivity index (χ1v) is 12.2. The highest BCUT2D eigenvalue weighted by molar-refractivity contribution is 6.05. The van der Waals surface area contributed by atoms with E-state index in [1.807, 2.05) is 25.1 Å². The Morgan fingerprint density at radius 1 is 1.03 bits per heavy atom. The molecule has 1 aromatic carbocycles. The maximum Gasteiger partial charge on any atom is 0.233 e. The molecule has 1 aliphatic carbocycles. The highest BCUT2D eigenvalue weighted by Gasteiger charge is 2.47. The molecule has 3 aliphatic rings. The Kier molecular flexibility index (Phi) is 6.00. The van der Waals surface area contributed by atoms with Gasteiger partial charge in [0.05, 0.1) is 11.8 Å². The lowest BCUT2D eigenvalue weighted by Gasteiger charge is -2.19. The van der Waals surface area contributed by atoms with Gasteiger partial charge in [-0.05, 0) is 44.2 Å². The van der Waals surface area contributed by atoms with Crippen LogP contribution in [0.4, 0.5) is 5.69 Å². The van der Waals surface area contributed by atoms with E-state index in [0.29, 0.717) is 0 Å². The number of hydrogen-bond donors (Lipinski definition) is 1. The van der Waals surface area contributed by atoms with Gasteiger partial charge in [0, 0.05) is 37.2 Å². The monoisotopic (exact) mass is 449 g/mol. The highest BCUT2D eigenvalue weighted by atomic mass is 16.2. The number of nitrogens with zero attached hydrogens (tertiary/aromatic N) is 4. The van der Waals surface area contributed by atoms with Gasteiger partial charge in [-0.2, -0.15) is 0 Å². The standard InChI is InChI=1S/C25H31N5O3/c1-16-10-11-17(23-28-27-21-9-3-2-6-13-29(21)23)15-20(16)26-22(31)12-14-30-24(32)18-7-4-5-8-19(18)25(30)33/h10-11,15,18-19H,2-9,12-14H2,1H3,(H,26,31). The molecule has 0 radical (unpaired) electrons. The van der Waals surface area contributed by atoms with Crippen LogP contribution in [0.25, 0.3) is 11.4 Å². The zero-order valence-electron chi connectivity index (χ0n) is 19.2. The summed E-state index contributed by atoms with van der Waals surface area (Å²) < 4.78 is 2.19. The summed E-state index contributed by atoms with van der Waals surface area (Å²) in [5.41, 5.74) is 2.59. The molecule has 1 N–H and O–H groups in total. The second-order valence-electron chi connectivity index (χ2n) is 9.56. The fourth-order valence-electron chi connectivity index (χ4n) is 5.47. The Balaban J connectivity index is 1.26. The van der Waals surface area contributed by atoms with Crippen LogP contribution >= 0.6 is 0 Å². The Labute approximate surface area is 193 Å². The van der Waals surface area contributed by atoms with Crippen LogP contribution in [0.2, 0.25) is 0 Å². The van der Waals surface area contributed by atoms with Crippen molar-refractivity contribution in [3.05, 3.63) is 29.6 Å². The predicted octanol–water partition coefficient (Wildman–Crippen LogP) is 3.48. The van der Waals surface area contributed by atoms with E-state index in [0.717, 1.165) is 80.0 Å². The minimum absolute atomic E-state index is 0.0943. The number of carbonyl (C=O) groups excluding carboxylic acids is 3. The zero-order valence-corrected chi connectivity index (χ0v) is 19.2. The molecule has 5 rings (SSSR count). The number of rotatable bonds is 5. The van der Waals surface area contributed by atoms with Gasteiger partial charge in [0.2, 0.25) is 17.7 Å². The summed E-state index contributed by atoms with van der Waals surface area (Å²) in [6.45, 7) is 3.00. The third-order valence-electron chi connectivity index (χ3n) is 7.37. The molecule has 1 saturated carbocycles. The summed E-state index contributed by atoms with van der Waals surface area (Å²) in [4.78, 5) is 39.3. The van der Waals surface area contributed by atoms with E-state index >= 15 is 0 Å². The van der Waals surface area contributed by atoms with Gasteiger partial charge in [0.1, 0.15) is 5.82 Å². The fourth-order valence-corrected chi connectivity index (χ4v) is 5.47. The molecule has 2 fully saturated rings. The maximum atomic E-state index is 12.7. The van der Waals surface area contributed by atoms with E-state index in [1.54, 1.807) is 0 Å². The summed E-state index contributed by atoms with van der Waals surface area (Å²) in [5.74, 6) is 1.11. The van der Waals surface area contributed by atoms with E-state index < -0.39 is 0 Å². The molecule has 2 atom stereocenters. The maximum absolute atomic E-state index is 12.7. The molecule has 0 bridgehead atoms. The van der Waals surface area contributed by atoms with E-state index in [9.17, 15) is 14.4 Å². The molecule has 0 spiro atoms. The van der Waals surface area contributed by atoms with Gasteiger partial charge in [-0.15, -0.1) is 10.2 Å². The minimum atomic E-state index is -0.203. The Morgan fingerprint density at radius 2 is 1.79 bits per heavy atom. The summed E-state index contributed by atoms with van der Waals surface area (Å²) in [6, 6.07) is 5.92. The topological polar surface area (TPSA) is 97.2 Å². The van der Waals surface area contributed by atoms with Crippen LogP contribution in [-0.2, 0) is 27.3 Å². The number of nitrogens with one attached hydrogen (secondary N) is 1. The number of carbonyl (C=O) groups is 3. The minimum Gasteiger partial charge on any atom is -0.326 e. The second kappa shape index (κ2) is 9.08. The van der Waals surface area contributed by atoms with Crippen molar-refractivity contribution in [3.63, 3.8) is 0 Å². The molecule has 174 valence electrons. The number of likely N-dealkylation sites (tertiary alicyclic amines) is 1. The molecule has 33 heavy (non-hydrogen) atoms. The van der Waals surface area contributed by atoms with E-state index in [4.69, 9.17) is 0 Å². The van der Waals surface area contributed by atoms with Crippen LogP contribution in [0, 0.1) is 18.8 Å². The van der Waals surface area contributed by atoms with E-state index in [-0.39, 0.29) is 42.5 Å². The lowest BCUT2D eigenvalue weighted by molar-refractivity contribution is -0.140. The van der Waals surface area contributed by atoms with Crippen molar-refractivity contribution in [1.29, 1.82) is 0 Å². The summed E-state index contributed by atoms with van der Waals surface area (Å²) in [7, 11) is 0. The van der Waals surface area contributed by atoms with Gasteiger partial charge in [-0.1, -0.05) is 31.4 Å². The van der Waals surface area contributed by atoms with Crippen LogP contribution in [0.15, 0.2) is 18.2 Å². The number of fused-ring (bicyclic) bond motifs is 2. The smallest absolute Gasteiger partial charge is 0.233 e. The predicted molar refractivity (Wildman–Crippen MR) is 123 cm³/mol. The molecular formula is C25H31N5O3. The van der Waals surface area contributed by atoms with Crippen LogP contribution < -0.4 is 5.32 Å². The highest BCUT2D eigenvalue weighted by Crippen LogP contribution is 2.38. The summed E-state index contributed by atoms with van der Waals surface area (Å²) in [6.07, 6.45) is 8.06. The third kappa shape index (κ3) is 4.18. The Hall–Kier alpha value is -3.03. The number of amides is 3. The van der Waals surface area contributed by atoms with Crippen LogP contribution in [0.1, 0.15) is 62.8 Å². The first-order valence-electron chi connectivity index (χ1n) is 12.2. The largest absolute Gasteiger partial charge is 0.326 e. The fraction of sp³-hybridized carbons (Fsp3) is 0.560. The van der Waals surface area contributed by atoms with Crippen molar-refractivity contribution in [2.75, 3.05) is 11.9 Å². The molecule has 1 saturated heterocycles. The average molecular weight is 450 g/mol. The van der Waals surface area contributed by atoms with E-state index in [1.165, 1.54) is 11.3 Å². The molecule has 2 aromatic rings. The molecule has 8 nitrogen and oxygen atoms in total. The lowest BCUT2D eigenvalue weighted by Crippen LogP contribution is -2.34. The number of hydrogen-bond acceptors (Lipinski definition) is 5. The molecule has 3 amide bonds. The average Bonchev–Trinajstić information content (AvgIpc) is 3.22. The van der Waals surface area contributed by atoms with Crippen LogP contribution in [0.5, 0.6) is 0 Å². The molecule has 2 unspecified atom stereocenters. The molecular weight excluding hydrogens is 418 g/mol. The van der Waals surface area contributed by atoms with Gasteiger partial charge < -0.3 is 9.88 Å². The molecule has 1 aromatic heterocycles. The number of anilines is 1. The van der Waals surface area contributed by atoms with Crippen molar-refractivity contribution in [2.24, 2.45) is 11.8 Å². The normalized spacial score (nSPS) is 22.6. The molecule has 2 aliphatic heterocycles. The summed E-state index contributed by atoms with van der Waals surface area (Å²) in [5, 5.41) is 11.8. The van der Waals surface area contributed by atoms with Crippen LogP contribution in [-0.4, -0.2) is 43.9 Å². The van der Waals surface area contributed by atoms with Crippen molar-refractivity contribution in [3.8, 4) is 11.4 Å². The number of aryl methyl sites for hydroxylation is 2. The van der Waals surface area contributed by atoms with E-state index in [2.05, 4.69) is 20.1 Å². The number of imide groups is 1. The van der Waals surface area contributed by atoms with Crippen molar-refractivity contribution >= 4 is 23.4 Å². The molecule has 8 heteroatoms. The zero-order chi connectivity index (χ0) is 22.9. The van der Waals surface area contributed by atoms with Crippen molar-refractivity contribution in [1.82, 2.24) is 19.7 Å². The van der Waals surface area contributed by atoms with Crippen LogP contribution in [0.3, 0.4) is 0 Å². The SMILES string of the molecule is Cc1ccc(-c2nnc3n2CCCCC3)cc1NC(=O)CCN1C(=O)C2CCCCC2C1=O.